The number of benzene rings is 2. The molecule has 1 amide bonds. The van der Waals surface area contributed by atoms with Gasteiger partial charge in [0, 0.05) is 37.8 Å². The van der Waals surface area contributed by atoms with Crippen LogP contribution >= 0.6 is 0 Å². The molecule has 1 unspecified atom stereocenters. The lowest BCUT2D eigenvalue weighted by molar-refractivity contribution is 0.0711. The molecule has 7 heteroatoms. The molecule has 1 aliphatic rings. The van der Waals surface area contributed by atoms with Gasteiger partial charge in [0.25, 0.3) is 0 Å². The number of nitrogens with zero attached hydrogens (tertiary/aromatic N) is 2. The molecule has 0 aliphatic carbocycles. The Balaban J connectivity index is 1.90. The number of rotatable bonds is 5. The van der Waals surface area contributed by atoms with Crippen molar-refractivity contribution >= 4 is 6.09 Å². The lowest BCUT2D eigenvalue weighted by Gasteiger charge is -2.39. The molecule has 0 radical (unpaired) electrons. The molecule has 2 aromatic rings. The Labute approximate surface area is 163 Å². The second-order valence-electron chi connectivity index (χ2n) is 6.56. The van der Waals surface area contributed by atoms with Crippen molar-refractivity contribution in [1.29, 1.82) is 0 Å². The lowest BCUT2D eigenvalue weighted by Crippen LogP contribution is -2.50. The quantitative estimate of drug-likeness (QED) is 0.778. The molecule has 2 aromatic carbocycles. The van der Waals surface area contributed by atoms with Crippen LogP contribution in [0.15, 0.2) is 42.5 Å². The Bertz CT molecular complexity index is 806. The Morgan fingerprint density at radius 2 is 1.68 bits per heavy atom. The molecule has 150 valence electrons. The zero-order valence-electron chi connectivity index (χ0n) is 16.0. The molecule has 0 bridgehead atoms. The molecular weight excluding hydrogens is 366 g/mol. The maximum atomic E-state index is 13.7. The van der Waals surface area contributed by atoms with E-state index >= 15 is 0 Å². The van der Waals surface area contributed by atoms with E-state index in [1.807, 2.05) is 0 Å². The van der Waals surface area contributed by atoms with Gasteiger partial charge in [-0.25, -0.2) is 13.6 Å². The van der Waals surface area contributed by atoms with Gasteiger partial charge in [-0.05, 0) is 30.7 Å². The number of amides is 1. The lowest BCUT2D eigenvalue weighted by atomic mass is 9.95. The summed E-state index contributed by atoms with van der Waals surface area (Å²) in [4.78, 5) is 15.8. The number of hydrogen-bond acceptors (Lipinski definition) is 4. The van der Waals surface area contributed by atoms with Crippen LogP contribution < -0.4 is 4.74 Å². The van der Waals surface area contributed by atoms with E-state index in [4.69, 9.17) is 9.47 Å². The van der Waals surface area contributed by atoms with Gasteiger partial charge >= 0.3 is 6.09 Å². The van der Waals surface area contributed by atoms with Gasteiger partial charge in [-0.3, -0.25) is 4.90 Å². The zero-order valence-corrected chi connectivity index (χ0v) is 16.0. The highest BCUT2D eigenvalue weighted by atomic mass is 19.1. The number of piperazine rings is 1. The highest BCUT2D eigenvalue weighted by molar-refractivity contribution is 5.67. The molecule has 1 fully saturated rings. The van der Waals surface area contributed by atoms with Crippen molar-refractivity contribution in [2.24, 2.45) is 0 Å². The van der Waals surface area contributed by atoms with Gasteiger partial charge in [0.15, 0.2) is 0 Å². The van der Waals surface area contributed by atoms with Crippen LogP contribution in [0.3, 0.4) is 0 Å². The summed E-state index contributed by atoms with van der Waals surface area (Å²) in [6, 6.07) is 10.5. The van der Waals surface area contributed by atoms with Crippen LogP contribution in [-0.2, 0) is 4.74 Å². The summed E-state index contributed by atoms with van der Waals surface area (Å²) >= 11 is 0. The van der Waals surface area contributed by atoms with Crippen LogP contribution in [0.1, 0.15) is 24.1 Å². The molecule has 1 atom stereocenters. The van der Waals surface area contributed by atoms with Crippen molar-refractivity contribution < 1.29 is 23.0 Å². The first-order chi connectivity index (χ1) is 13.5. The number of ether oxygens (including phenoxy) is 2. The van der Waals surface area contributed by atoms with Crippen LogP contribution in [-0.4, -0.2) is 55.8 Å². The predicted octanol–water partition coefficient (Wildman–Crippen LogP) is 3.84. The highest BCUT2D eigenvalue weighted by Gasteiger charge is 2.30. The maximum Gasteiger partial charge on any atom is 0.409 e. The van der Waals surface area contributed by atoms with Crippen molar-refractivity contribution in [1.82, 2.24) is 9.80 Å². The summed E-state index contributed by atoms with van der Waals surface area (Å²) in [5.74, 6) is -0.270. The largest absolute Gasteiger partial charge is 0.496 e. The molecule has 5 nitrogen and oxygen atoms in total. The second-order valence-corrected chi connectivity index (χ2v) is 6.56. The minimum absolute atomic E-state index is 0.250. The summed E-state index contributed by atoms with van der Waals surface area (Å²) in [7, 11) is 1.50. The summed E-state index contributed by atoms with van der Waals surface area (Å²) in [6.45, 7) is 4.34. The van der Waals surface area contributed by atoms with Crippen molar-refractivity contribution in [3.8, 4) is 5.75 Å². The minimum Gasteiger partial charge on any atom is -0.496 e. The van der Waals surface area contributed by atoms with E-state index in [1.165, 1.54) is 31.4 Å². The van der Waals surface area contributed by atoms with Crippen LogP contribution in [0, 0.1) is 11.6 Å². The third-order valence-corrected chi connectivity index (χ3v) is 4.88. The first-order valence-corrected chi connectivity index (χ1v) is 9.28. The maximum absolute atomic E-state index is 13.7. The fraction of sp³-hybridized carbons (Fsp3) is 0.381. The van der Waals surface area contributed by atoms with Gasteiger partial charge in [0.1, 0.15) is 17.4 Å². The fourth-order valence-electron chi connectivity index (χ4n) is 3.52. The Hall–Kier alpha value is -2.67. The summed E-state index contributed by atoms with van der Waals surface area (Å²) in [5.41, 5.74) is 1.66. The standard InChI is InChI=1S/C21H24F2N2O3/c1-3-28-21(26)25-12-10-24(11-13-25)20(15-4-6-16(22)7-5-15)18-9-8-17(23)14-19(18)27-2/h4-9,14,20H,3,10-13H2,1-2H3. The van der Waals surface area contributed by atoms with Crippen molar-refractivity contribution in [3.63, 3.8) is 0 Å². The molecule has 1 aliphatic heterocycles. The van der Waals surface area contributed by atoms with Crippen molar-refractivity contribution in [2.45, 2.75) is 13.0 Å². The van der Waals surface area contributed by atoms with Crippen molar-refractivity contribution in [2.75, 3.05) is 39.9 Å². The number of carbonyl (C=O) groups excluding carboxylic acids is 1. The van der Waals surface area contributed by atoms with E-state index in [0.717, 1.165) is 11.1 Å². The third-order valence-electron chi connectivity index (χ3n) is 4.88. The molecule has 1 heterocycles. The molecule has 0 spiro atoms. The monoisotopic (exact) mass is 390 g/mol. The molecule has 1 saturated heterocycles. The van der Waals surface area contributed by atoms with Gasteiger partial charge < -0.3 is 14.4 Å². The highest BCUT2D eigenvalue weighted by Crippen LogP contribution is 2.36. The van der Waals surface area contributed by atoms with Gasteiger partial charge in [0.05, 0.1) is 19.8 Å². The topological polar surface area (TPSA) is 42.0 Å². The summed E-state index contributed by atoms with van der Waals surface area (Å²) < 4.78 is 37.6. The van der Waals surface area contributed by atoms with E-state index in [2.05, 4.69) is 4.90 Å². The Morgan fingerprint density at radius 3 is 2.29 bits per heavy atom. The fourth-order valence-corrected chi connectivity index (χ4v) is 3.52. The second kappa shape index (κ2) is 9.01. The first kappa shape index (κ1) is 20.1. The summed E-state index contributed by atoms with van der Waals surface area (Å²) in [6.07, 6.45) is -0.320. The smallest absolute Gasteiger partial charge is 0.409 e. The molecule has 3 rings (SSSR count). The van der Waals surface area contributed by atoms with E-state index in [1.54, 1.807) is 30.0 Å². The SMILES string of the molecule is CCOC(=O)N1CCN(C(c2ccc(F)cc2)c2ccc(F)cc2OC)CC1. The van der Waals surface area contributed by atoms with Crippen molar-refractivity contribution in [3.05, 3.63) is 65.2 Å². The van der Waals surface area contributed by atoms with Crippen LogP contribution in [0.5, 0.6) is 5.75 Å². The Morgan fingerprint density at radius 1 is 1.04 bits per heavy atom. The Kier molecular flexibility index (Phi) is 6.46. The van der Waals surface area contributed by atoms with Gasteiger partial charge in [-0.2, -0.15) is 0 Å². The number of carbonyl (C=O) groups is 1. The molecular formula is C21H24F2N2O3. The van der Waals surface area contributed by atoms with Crippen LogP contribution in [0.25, 0.3) is 0 Å². The number of halogens is 2. The third kappa shape index (κ3) is 4.42. The first-order valence-electron chi connectivity index (χ1n) is 9.28. The normalized spacial score (nSPS) is 15.9. The average Bonchev–Trinajstić information content (AvgIpc) is 2.71. The van der Waals surface area contributed by atoms with E-state index in [9.17, 15) is 13.6 Å². The van der Waals surface area contributed by atoms with E-state index in [0.29, 0.717) is 38.5 Å². The van der Waals surface area contributed by atoms with E-state index in [-0.39, 0.29) is 23.8 Å². The van der Waals surface area contributed by atoms with Crippen LogP contribution in [0.4, 0.5) is 13.6 Å². The predicted molar refractivity (Wildman–Crippen MR) is 101 cm³/mol. The number of hydrogen-bond donors (Lipinski definition) is 0. The van der Waals surface area contributed by atoms with Gasteiger partial charge in [-0.15, -0.1) is 0 Å². The minimum atomic E-state index is -0.384. The van der Waals surface area contributed by atoms with E-state index < -0.39 is 0 Å². The molecule has 0 saturated carbocycles. The van der Waals surface area contributed by atoms with Crippen LogP contribution in [0.2, 0.25) is 0 Å². The molecule has 0 N–H and O–H groups in total. The van der Waals surface area contributed by atoms with Gasteiger partial charge in [0.2, 0.25) is 0 Å². The summed E-state index contributed by atoms with van der Waals surface area (Å²) in [5, 5.41) is 0. The average molecular weight is 390 g/mol. The molecule has 0 aromatic heterocycles. The molecule has 28 heavy (non-hydrogen) atoms. The zero-order chi connectivity index (χ0) is 20.1. The number of methoxy groups -OCH3 is 1. The van der Waals surface area contributed by atoms with Gasteiger partial charge in [-0.1, -0.05) is 18.2 Å².